The summed E-state index contributed by atoms with van der Waals surface area (Å²) in [7, 11) is 0. The number of halogens is 1. The molecule has 2 fully saturated rings. The molecule has 3 heterocycles. The van der Waals surface area contributed by atoms with Crippen LogP contribution >= 0.6 is 23.4 Å². The maximum atomic E-state index is 12.9. The highest BCUT2D eigenvalue weighted by molar-refractivity contribution is 7.99. The van der Waals surface area contributed by atoms with E-state index in [1.807, 2.05) is 47.5 Å². The number of thioether (sulfide) groups is 1. The van der Waals surface area contributed by atoms with Gasteiger partial charge in [-0.1, -0.05) is 30.9 Å². The van der Waals surface area contributed by atoms with Gasteiger partial charge in [-0.15, -0.1) is 11.8 Å². The molecule has 8 heteroatoms. The van der Waals surface area contributed by atoms with Crippen LogP contribution < -0.4 is 4.90 Å². The predicted molar refractivity (Wildman–Crippen MR) is 136 cm³/mol. The molecule has 0 atom stereocenters. The molecule has 0 unspecified atom stereocenters. The Morgan fingerprint density at radius 2 is 1.79 bits per heavy atom. The number of benzene rings is 1. The summed E-state index contributed by atoms with van der Waals surface area (Å²) in [4.78, 5) is 26.7. The van der Waals surface area contributed by atoms with Crippen LogP contribution in [-0.4, -0.2) is 57.3 Å². The molecule has 0 spiro atoms. The molecule has 0 radical (unpaired) electrons. The number of imidazole rings is 1. The maximum Gasteiger partial charge on any atom is 0.232 e. The molecule has 0 bridgehead atoms. The molecule has 2 aromatic heterocycles. The molecule has 3 aromatic rings. The van der Waals surface area contributed by atoms with Gasteiger partial charge in [0.15, 0.2) is 5.65 Å². The van der Waals surface area contributed by atoms with Gasteiger partial charge in [0, 0.05) is 49.1 Å². The lowest BCUT2D eigenvalue weighted by Crippen LogP contribution is -2.49. The molecule has 6 nitrogen and oxygen atoms in total. The second-order valence-electron chi connectivity index (χ2n) is 8.87. The highest BCUT2D eigenvalue weighted by atomic mass is 35.5. The number of carbonyl (C=O) groups excluding carboxylic acids is 1. The number of hydrogen-bond donors (Lipinski definition) is 0. The van der Waals surface area contributed by atoms with Gasteiger partial charge in [0.1, 0.15) is 11.3 Å². The minimum atomic E-state index is 0.217. The quantitative estimate of drug-likeness (QED) is 0.484. The highest BCUT2D eigenvalue weighted by Gasteiger charge is 2.24. The molecular formula is C25H30ClN5OS. The van der Waals surface area contributed by atoms with Crippen LogP contribution in [0, 0.1) is 0 Å². The zero-order chi connectivity index (χ0) is 22.6. The summed E-state index contributed by atoms with van der Waals surface area (Å²) in [6.07, 6.45) is 8.09. The number of amides is 1. The number of rotatable bonds is 6. The van der Waals surface area contributed by atoms with Crippen molar-refractivity contribution in [3.8, 4) is 0 Å². The fourth-order valence-electron chi connectivity index (χ4n) is 4.99. The highest BCUT2D eigenvalue weighted by Crippen LogP contribution is 2.33. The molecule has 1 saturated heterocycles. The number of piperazine rings is 1. The lowest BCUT2D eigenvalue weighted by atomic mass is 9.95. The molecule has 1 aliphatic carbocycles. The fraction of sp³-hybridized carbons (Fsp3) is 0.480. The second kappa shape index (κ2) is 10.3. The van der Waals surface area contributed by atoms with E-state index in [9.17, 15) is 4.79 Å². The van der Waals surface area contributed by atoms with Gasteiger partial charge < -0.3 is 14.4 Å². The monoisotopic (exact) mass is 483 g/mol. The van der Waals surface area contributed by atoms with Gasteiger partial charge in [0.2, 0.25) is 5.91 Å². The van der Waals surface area contributed by atoms with Crippen molar-refractivity contribution in [3.63, 3.8) is 0 Å². The summed E-state index contributed by atoms with van der Waals surface area (Å²) in [6, 6.07) is 12.4. The SMILES string of the molecule is O=C(CSCc1nc2cccnc2n1C1CCCCC1)N1CCN(c2ccc(Cl)cc2)CC1. The van der Waals surface area contributed by atoms with E-state index in [-0.39, 0.29) is 5.91 Å². The van der Waals surface area contributed by atoms with Crippen molar-refractivity contribution in [2.75, 3.05) is 36.8 Å². The van der Waals surface area contributed by atoms with Crippen LogP contribution in [0.4, 0.5) is 5.69 Å². The normalized spacial score (nSPS) is 17.6. The molecule has 1 aromatic carbocycles. The minimum Gasteiger partial charge on any atom is -0.368 e. The van der Waals surface area contributed by atoms with Crippen molar-refractivity contribution in [1.82, 2.24) is 19.4 Å². The van der Waals surface area contributed by atoms with Gasteiger partial charge in [0.25, 0.3) is 0 Å². The Morgan fingerprint density at radius 3 is 2.55 bits per heavy atom. The first-order chi connectivity index (χ1) is 16.2. The van der Waals surface area contributed by atoms with Gasteiger partial charge in [-0.25, -0.2) is 9.97 Å². The minimum absolute atomic E-state index is 0.217. The van der Waals surface area contributed by atoms with Gasteiger partial charge in [-0.2, -0.15) is 0 Å². The van der Waals surface area contributed by atoms with Crippen molar-refractivity contribution in [3.05, 3.63) is 53.4 Å². The first-order valence-corrected chi connectivity index (χ1v) is 13.4. The van der Waals surface area contributed by atoms with E-state index in [0.29, 0.717) is 11.8 Å². The number of anilines is 1. The van der Waals surface area contributed by atoms with Crippen molar-refractivity contribution < 1.29 is 4.79 Å². The molecule has 1 saturated carbocycles. The topological polar surface area (TPSA) is 54.3 Å². The van der Waals surface area contributed by atoms with Crippen molar-refractivity contribution in [1.29, 1.82) is 0 Å². The van der Waals surface area contributed by atoms with Crippen LogP contribution in [0.15, 0.2) is 42.6 Å². The van der Waals surface area contributed by atoms with E-state index in [2.05, 4.69) is 14.5 Å². The Morgan fingerprint density at radius 1 is 1.03 bits per heavy atom. The van der Waals surface area contributed by atoms with E-state index in [1.54, 1.807) is 11.8 Å². The number of pyridine rings is 1. The number of hydrogen-bond acceptors (Lipinski definition) is 5. The van der Waals surface area contributed by atoms with Crippen molar-refractivity contribution in [2.24, 2.45) is 0 Å². The summed E-state index contributed by atoms with van der Waals surface area (Å²) >= 11 is 7.67. The van der Waals surface area contributed by atoms with Crippen LogP contribution in [-0.2, 0) is 10.5 Å². The summed E-state index contributed by atoms with van der Waals surface area (Å²) in [6.45, 7) is 3.21. The number of aromatic nitrogens is 3. The smallest absolute Gasteiger partial charge is 0.232 e. The Labute approximate surface area is 204 Å². The fourth-order valence-corrected chi connectivity index (χ4v) is 5.96. The van der Waals surface area contributed by atoms with Gasteiger partial charge in [0.05, 0.1) is 11.5 Å². The Hall–Kier alpha value is -2.25. The van der Waals surface area contributed by atoms with E-state index < -0.39 is 0 Å². The first kappa shape index (κ1) is 22.5. The van der Waals surface area contributed by atoms with E-state index in [4.69, 9.17) is 16.6 Å². The van der Waals surface area contributed by atoms with E-state index in [0.717, 1.165) is 59.6 Å². The third-order valence-corrected chi connectivity index (χ3v) is 7.91. The second-order valence-corrected chi connectivity index (χ2v) is 10.3. The summed E-state index contributed by atoms with van der Waals surface area (Å²) in [5.41, 5.74) is 3.11. The van der Waals surface area contributed by atoms with Crippen molar-refractivity contribution >= 4 is 46.1 Å². The third kappa shape index (κ3) is 5.14. The van der Waals surface area contributed by atoms with Crippen LogP contribution in [0.3, 0.4) is 0 Å². The zero-order valence-electron chi connectivity index (χ0n) is 18.8. The number of nitrogens with zero attached hydrogens (tertiary/aromatic N) is 5. The zero-order valence-corrected chi connectivity index (χ0v) is 20.4. The largest absolute Gasteiger partial charge is 0.368 e. The maximum absolute atomic E-state index is 12.9. The molecule has 0 N–H and O–H groups in total. The van der Waals surface area contributed by atoms with Gasteiger partial charge in [-0.05, 0) is 49.2 Å². The standard InChI is InChI=1S/C25H30ClN5OS/c26-19-8-10-20(11-9-19)29-13-15-30(16-14-29)24(32)18-33-17-23-28-22-7-4-12-27-25(22)31(23)21-5-2-1-3-6-21/h4,7-12,21H,1-3,5-6,13-18H2. The molecule has 1 amide bonds. The lowest BCUT2D eigenvalue weighted by molar-refractivity contribution is -0.128. The van der Waals surface area contributed by atoms with E-state index >= 15 is 0 Å². The number of carbonyl (C=O) groups is 1. The first-order valence-electron chi connectivity index (χ1n) is 11.9. The van der Waals surface area contributed by atoms with Crippen LogP contribution in [0.1, 0.15) is 44.0 Å². The Balaban J connectivity index is 1.17. The Bertz CT molecular complexity index is 1090. The molecular weight excluding hydrogens is 454 g/mol. The van der Waals surface area contributed by atoms with E-state index in [1.165, 1.54) is 32.1 Å². The predicted octanol–water partition coefficient (Wildman–Crippen LogP) is 5.17. The summed E-state index contributed by atoms with van der Waals surface area (Å²) < 4.78 is 2.36. The summed E-state index contributed by atoms with van der Waals surface area (Å²) in [5, 5.41) is 0.748. The molecule has 33 heavy (non-hydrogen) atoms. The van der Waals surface area contributed by atoms with Crippen molar-refractivity contribution in [2.45, 2.75) is 43.9 Å². The average molecular weight is 484 g/mol. The Kier molecular flexibility index (Phi) is 7.07. The number of fused-ring (bicyclic) bond motifs is 1. The molecule has 1 aliphatic heterocycles. The molecule has 2 aliphatic rings. The van der Waals surface area contributed by atoms with Gasteiger partial charge in [-0.3, -0.25) is 4.79 Å². The molecule has 174 valence electrons. The lowest BCUT2D eigenvalue weighted by Gasteiger charge is -2.36. The van der Waals surface area contributed by atoms with Gasteiger partial charge >= 0.3 is 0 Å². The van der Waals surface area contributed by atoms with Crippen LogP contribution in [0.5, 0.6) is 0 Å². The average Bonchev–Trinajstić information content (AvgIpc) is 3.23. The van der Waals surface area contributed by atoms with Crippen LogP contribution in [0.2, 0.25) is 5.02 Å². The van der Waals surface area contributed by atoms with Crippen LogP contribution in [0.25, 0.3) is 11.2 Å². The third-order valence-electron chi connectivity index (χ3n) is 6.74. The molecule has 5 rings (SSSR count). The summed E-state index contributed by atoms with van der Waals surface area (Å²) in [5.74, 6) is 2.50.